The van der Waals surface area contributed by atoms with Crippen molar-refractivity contribution in [3.8, 4) is 5.75 Å². The Kier molecular flexibility index (Phi) is 2.30. The van der Waals surface area contributed by atoms with Gasteiger partial charge >= 0.3 is 0 Å². The van der Waals surface area contributed by atoms with Gasteiger partial charge in [-0.05, 0) is 55.7 Å². The molecule has 3 nitrogen and oxygen atoms in total. The minimum Gasteiger partial charge on any atom is -0.508 e. The first-order valence-corrected chi connectivity index (χ1v) is 6.20. The van der Waals surface area contributed by atoms with E-state index >= 15 is 0 Å². The largest absolute Gasteiger partial charge is 0.508 e. The summed E-state index contributed by atoms with van der Waals surface area (Å²) in [4.78, 5) is 14.6. The summed E-state index contributed by atoms with van der Waals surface area (Å²) in [5.41, 5.74) is 2.97. The number of fused-ring (bicyclic) bond motifs is 1. The van der Waals surface area contributed by atoms with E-state index in [1.807, 2.05) is 6.07 Å². The minimum atomic E-state index is -0.471. The molecule has 0 spiro atoms. The van der Waals surface area contributed by atoms with Gasteiger partial charge in [0.15, 0.2) is 0 Å². The zero-order valence-corrected chi connectivity index (χ0v) is 9.70. The third-order valence-electron chi connectivity index (χ3n) is 4.17. The Morgan fingerprint density at radius 2 is 2.06 bits per heavy atom. The fourth-order valence-corrected chi connectivity index (χ4v) is 3.19. The molecular formula is C14H15NO2. The molecule has 0 aliphatic heterocycles. The van der Waals surface area contributed by atoms with Crippen LogP contribution in [0.3, 0.4) is 0 Å². The monoisotopic (exact) mass is 229 g/mol. The van der Waals surface area contributed by atoms with Crippen molar-refractivity contribution in [3.05, 3.63) is 28.8 Å². The number of isocyanates is 1. The number of hydrogen-bond donors (Lipinski definition) is 1. The molecule has 0 aromatic heterocycles. The standard InChI is InChI=1S/C14H15NO2/c16-9-15-14(7-2-8-14)13-11-4-1-3-10(11)5-6-12(13)17/h5-6,17H,1-4,7-8H2. The van der Waals surface area contributed by atoms with Crippen molar-refractivity contribution in [2.75, 3.05) is 0 Å². The Hall–Kier alpha value is -1.60. The first-order valence-electron chi connectivity index (χ1n) is 6.20. The van der Waals surface area contributed by atoms with Gasteiger partial charge in [0.2, 0.25) is 6.08 Å². The van der Waals surface area contributed by atoms with Crippen LogP contribution >= 0.6 is 0 Å². The SMILES string of the molecule is O=C=NC1(c2c(O)ccc3c2CCC3)CCC1. The lowest BCUT2D eigenvalue weighted by molar-refractivity contribution is 0.246. The highest BCUT2D eigenvalue weighted by atomic mass is 16.3. The Labute approximate surface area is 100 Å². The topological polar surface area (TPSA) is 49.7 Å². The zero-order valence-electron chi connectivity index (χ0n) is 9.70. The average Bonchev–Trinajstić information content (AvgIpc) is 2.72. The average molecular weight is 229 g/mol. The van der Waals surface area contributed by atoms with Crippen molar-refractivity contribution in [1.29, 1.82) is 0 Å². The molecule has 1 aromatic rings. The molecule has 0 radical (unpaired) electrons. The molecule has 3 rings (SSSR count). The molecule has 1 fully saturated rings. The summed E-state index contributed by atoms with van der Waals surface area (Å²) >= 11 is 0. The first kappa shape index (κ1) is 10.5. The number of phenols is 1. The second-order valence-electron chi connectivity index (χ2n) is 5.04. The molecule has 2 aliphatic carbocycles. The van der Waals surface area contributed by atoms with E-state index in [1.54, 1.807) is 12.1 Å². The van der Waals surface area contributed by atoms with Crippen LogP contribution in [-0.2, 0) is 23.2 Å². The summed E-state index contributed by atoms with van der Waals surface area (Å²) in [5, 5.41) is 10.1. The van der Waals surface area contributed by atoms with Gasteiger partial charge in [-0.15, -0.1) is 0 Å². The number of benzene rings is 1. The third-order valence-corrected chi connectivity index (χ3v) is 4.17. The number of aromatic hydroxyl groups is 1. The molecule has 1 aromatic carbocycles. The van der Waals surface area contributed by atoms with Crippen molar-refractivity contribution in [2.24, 2.45) is 4.99 Å². The summed E-state index contributed by atoms with van der Waals surface area (Å²) in [5.74, 6) is 0.296. The van der Waals surface area contributed by atoms with Crippen LogP contribution in [-0.4, -0.2) is 11.2 Å². The van der Waals surface area contributed by atoms with E-state index in [2.05, 4.69) is 4.99 Å². The van der Waals surface area contributed by atoms with Crippen LogP contribution in [0.1, 0.15) is 42.4 Å². The van der Waals surface area contributed by atoms with E-state index in [-0.39, 0.29) is 0 Å². The van der Waals surface area contributed by atoms with Gasteiger partial charge in [-0.1, -0.05) is 6.07 Å². The van der Waals surface area contributed by atoms with Gasteiger partial charge in [-0.2, -0.15) is 4.99 Å². The predicted molar refractivity (Wildman–Crippen MR) is 63.8 cm³/mol. The molecule has 0 unspecified atom stereocenters. The second-order valence-corrected chi connectivity index (χ2v) is 5.04. The summed E-state index contributed by atoms with van der Waals surface area (Å²) in [6, 6.07) is 3.75. The van der Waals surface area contributed by atoms with Crippen molar-refractivity contribution >= 4 is 6.08 Å². The van der Waals surface area contributed by atoms with Crippen LogP contribution in [0.5, 0.6) is 5.75 Å². The number of carbonyl (C=O) groups excluding carboxylic acids is 1. The first-order chi connectivity index (χ1) is 8.27. The van der Waals surface area contributed by atoms with E-state index in [0.717, 1.165) is 44.1 Å². The van der Waals surface area contributed by atoms with E-state index in [0.29, 0.717) is 5.75 Å². The normalized spacial score (nSPS) is 20.2. The zero-order chi connectivity index (χ0) is 11.9. The quantitative estimate of drug-likeness (QED) is 0.626. The Morgan fingerprint density at radius 1 is 1.24 bits per heavy atom. The molecule has 0 atom stereocenters. The van der Waals surface area contributed by atoms with Crippen molar-refractivity contribution < 1.29 is 9.90 Å². The summed E-state index contributed by atoms with van der Waals surface area (Å²) in [6.07, 6.45) is 7.66. The van der Waals surface area contributed by atoms with E-state index in [1.165, 1.54) is 11.1 Å². The highest BCUT2D eigenvalue weighted by Crippen LogP contribution is 2.50. The summed E-state index contributed by atoms with van der Waals surface area (Å²) < 4.78 is 0. The van der Waals surface area contributed by atoms with Gasteiger partial charge in [-0.3, -0.25) is 0 Å². The van der Waals surface area contributed by atoms with Crippen molar-refractivity contribution in [3.63, 3.8) is 0 Å². The van der Waals surface area contributed by atoms with Gasteiger partial charge in [0.05, 0.1) is 0 Å². The molecule has 1 saturated carbocycles. The lowest BCUT2D eigenvalue weighted by atomic mass is 9.70. The minimum absolute atomic E-state index is 0.296. The van der Waals surface area contributed by atoms with Crippen LogP contribution in [0.2, 0.25) is 0 Å². The van der Waals surface area contributed by atoms with Crippen LogP contribution in [0.4, 0.5) is 0 Å². The van der Waals surface area contributed by atoms with Gasteiger partial charge in [0, 0.05) is 5.56 Å². The smallest absolute Gasteiger partial charge is 0.235 e. The number of phenolic OH excluding ortho intramolecular Hbond substituents is 1. The molecule has 17 heavy (non-hydrogen) atoms. The van der Waals surface area contributed by atoms with Crippen LogP contribution < -0.4 is 0 Å². The number of hydrogen-bond acceptors (Lipinski definition) is 3. The fraction of sp³-hybridized carbons (Fsp3) is 0.500. The van der Waals surface area contributed by atoms with Crippen LogP contribution in [0, 0.1) is 0 Å². The summed E-state index contributed by atoms with van der Waals surface area (Å²) in [7, 11) is 0. The predicted octanol–water partition coefficient (Wildman–Crippen LogP) is 2.60. The van der Waals surface area contributed by atoms with Crippen molar-refractivity contribution in [1.82, 2.24) is 0 Å². The van der Waals surface area contributed by atoms with E-state index in [9.17, 15) is 9.90 Å². The van der Waals surface area contributed by atoms with Gasteiger partial charge < -0.3 is 5.11 Å². The Bertz CT molecular complexity index is 511. The van der Waals surface area contributed by atoms with Gasteiger partial charge in [0.25, 0.3) is 0 Å². The molecule has 0 saturated heterocycles. The Morgan fingerprint density at radius 3 is 2.71 bits per heavy atom. The summed E-state index contributed by atoms with van der Waals surface area (Å²) in [6.45, 7) is 0. The molecule has 0 amide bonds. The molecule has 3 heteroatoms. The maximum absolute atomic E-state index is 10.6. The third kappa shape index (κ3) is 1.43. The lowest BCUT2D eigenvalue weighted by Gasteiger charge is -2.38. The van der Waals surface area contributed by atoms with Gasteiger partial charge in [-0.25, -0.2) is 4.79 Å². The fourth-order valence-electron chi connectivity index (χ4n) is 3.19. The molecular weight excluding hydrogens is 214 g/mol. The van der Waals surface area contributed by atoms with Crippen molar-refractivity contribution in [2.45, 2.75) is 44.1 Å². The maximum Gasteiger partial charge on any atom is 0.235 e. The number of rotatable bonds is 2. The highest BCUT2D eigenvalue weighted by molar-refractivity contribution is 5.53. The van der Waals surface area contributed by atoms with E-state index < -0.39 is 5.54 Å². The lowest BCUT2D eigenvalue weighted by Crippen LogP contribution is -2.33. The van der Waals surface area contributed by atoms with E-state index in [4.69, 9.17) is 0 Å². The number of aryl methyl sites for hydroxylation is 1. The molecule has 0 heterocycles. The van der Waals surface area contributed by atoms with Gasteiger partial charge in [0.1, 0.15) is 11.3 Å². The molecule has 1 N–H and O–H groups in total. The van der Waals surface area contributed by atoms with Crippen LogP contribution in [0.15, 0.2) is 17.1 Å². The number of aliphatic imine (C=N–C) groups is 1. The number of nitrogens with zero attached hydrogens (tertiary/aromatic N) is 1. The maximum atomic E-state index is 10.6. The highest BCUT2D eigenvalue weighted by Gasteiger charge is 2.43. The second kappa shape index (κ2) is 3.71. The molecule has 2 aliphatic rings. The Balaban J connectivity index is 2.20. The molecule has 0 bridgehead atoms. The molecule has 88 valence electrons. The van der Waals surface area contributed by atoms with Crippen LogP contribution in [0.25, 0.3) is 0 Å².